The SMILES string of the molecule is c1ccc(-c2ccc3c4c(cccc24)-c2cc(-c4ccc(-c5c6ccccc6cc6c5ccc5ccccc56)c5ccccc45)ccc2O3)cc1. The molecule has 0 atom stereocenters. The number of fused-ring (bicyclic) bond motifs is 7. The summed E-state index contributed by atoms with van der Waals surface area (Å²) in [6.07, 6.45) is 0. The molecule has 1 heterocycles. The second-order valence-electron chi connectivity index (χ2n) is 13.6. The molecule has 10 aromatic carbocycles. The number of benzene rings is 10. The highest BCUT2D eigenvalue weighted by Gasteiger charge is 2.23. The highest BCUT2D eigenvalue weighted by atomic mass is 16.5. The molecule has 0 aliphatic carbocycles. The molecule has 1 nitrogen and oxygen atoms in total. The van der Waals surface area contributed by atoms with Crippen molar-refractivity contribution in [3.05, 3.63) is 182 Å². The molecule has 11 rings (SSSR count). The lowest BCUT2D eigenvalue weighted by Crippen LogP contribution is -1.98. The Hall–Kier alpha value is -6.70. The topological polar surface area (TPSA) is 9.23 Å². The normalized spacial score (nSPS) is 12.1. The summed E-state index contributed by atoms with van der Waals surface area (Å²) in [4.78, 5) is 0. The van der Waals surface area contributed by atoms with Crippen molar-refractivity contribution in [1.82, 2.24) is 0 Å². The monoisotopic (exact) mass is 646 g/mol. The maximum atomic E-state index is 6.61. The first-order valence-corrected chi connectivity index (χ1v) is 17.6. The van der Waals surface area contributed by atoms with Gasteiger partial charge in [0, 0.05) is 10.9 Å². The zero-order chi connectivity index (χ0) is 33.5. The van der Waals surface area contributed by atoms with Crippen LogP contribution in [-0.2, 0) is 0 Å². The van der Waals surface area contributed by atoms with E-state index in [-0.39, 0.29) is 0 Å². The average Bonchev–Trinajstić information content (AvgIpc) is 3.20. The van der Waals surface area contributed by atoms with Crippen LogP contribution in [-0.4, -0.2) is 0 Å². The molecule has 0 aromatic heterocycles. The zero-order valence-corrected chi connectivity index (χ0v) is 27.7. The van der Waals surface area contributed by atoms with Crippen LogP contribution in [0.4, 0.5) is 0 Å². The molecule has 0 unspecified atom stereocenters. The van der Waals surface area contributed by atoms with Crippen molar-refractivity contribution in [2.75, 3.05) is 0 Å². The van der Waals surface area contributed by atoms with Crippen molar-refractivity contribution in [3.63, 3.8) is 0 Å². The molecule has 0 bridgehead atoms. The Morgan fingerprint density at radius 2 is 0.922 bits per heavy atom. The van der Waals surface area contributed by atoms with E-state index in [1.807, 2.05) is 0 Å². The summed E-state index contributed by atoms with van der Waals surface area (Å²) in [7, 11) is 0. The first-order chi connectivity index (χ1) is 25.3. The van der Waals surface area contributed by atoms with Gasteiger partial charge in [-0.3, -0.25) is 0 Å². The van der Waals surface area contributed by atoms with Gasteiger partial charge in [0.1, 0.15) is 11.5 Å². The molecular formula is C50H30O. The lowest BCUT2D eigenvalue weighted by molar-refractivity contribution is 0.487. The fourth-order valence-corrected chi connectivity index (χ4v) is 8.55. The van der Waals surface area contributed by atoms with Gasteiger partial charge in [0.2, 0.25) is 0 Å². The predicted octanol–water partition coefficient (Wildman–Crippen LogP) is 14.2. The number of ether oxygens (including phenoxy) is 1. The molecule has 0 amide bonds. The van der Waals surface area contributed by atoms with Crippen LogP contribution in [0.25, 0.3) is 98.4 Å². The summed E-state index contributed by atoms with van der Waals surface area (Å²) in [6.45, 7) is 0. The molecule has 51 heavy (non-hydrogen) atoms. The number of hydrogen-bond donors (Lipinski definition) is 0. The van der Waals surface area contributed by atoms with E-state index in [4.69, 9.17) is 4.74 Å². The van der Waals surface area contributed by atoms with Crippen LogP contribution in [0, 0.1) is 0 Å². The first kappa shape index (κ1) is 28.2. The fraction of sp³-hybridized carbons (Fsp3) is 0. The summed E-state index contributed by atoms with van der Waals surface area (Å²) in [5.41, 5.74) is 9.67. The minimum absolute atomic E-state index is 0.890. The molecule has 0 saturated carbocycles. The van der Waals surface area contributed by atoms with Crippen LogP contribution in [0.1, 0.15) is 0 Å². The molecule has 236 valence electrons. The van der Waals surface area contributed by atoms with E-state index in [1.54, 1.807) is 0 Å². The maximum absolute atomic E-state index is 6.61. The van der Waals surface area contributed by atoms with Crippen LogP contribution in [0.2, 0.25) is 0 Å². The first-order valence-electron chi connectivity index (χ1n) is 17.6. The quantitative estimate of drug-likeness (QED) is 0.137. The van der Waals surface area contributed by atoms with Crippen LogP contribution in [0.3, 0.4) is 0 Å². The Balaban J connectivity index is 1.12. The lowest BCUT2D eigenvalue weighted by atomic mass is 9.85. The molecule has 1 heteroatoms. The second kappa shape index (κ2) is 10.9. The Morgan fingerprint density at radius 3 is 1.78 bits per heavy atom. The van der Waals surface area contributed by atoms with Crippen molar-refractivity contribution >= 4 is 53.9 Å². The Morgan fingerprint density at radius 1 is 0.275 bits per heavy atom. The van der Waals surface area contributed by atoms with Crippen molar-refractivity contribution in [2.45, 2.75) is 0 Å². The van der Waals surface area contributed by atoms with Gasteiger partial charge >= 0.3 is 0 Å². The van der Waals surface area contributed by atoms with Gasteiger partial charge in [-0.25, -0.2) is 0 Å². The predicted molar refractivity (Wildman–Crippen MR) is 216 cm³/mol. The summed E-state index contributed by atoms with van der Waals surface area (Å²) < 4.78 is 6.61. The van der Waals surface area contributed by atoms with Gasteiger partial charge in [-0.15, -0.1) is 0 Å². The van der Waals surface area contributed by atoms with Crippen molar-refractivity contribution in [1.29, 1.82) is 0 Å². The molecule has 0 spiro atoms. The molecule has 0 radical (unpaired) electrons. The number of hydrogen-bond acceptors (Lipinski definition) is 1. The van der Waals surface area contributed by atoms with Gasteiger partial charge in [-0.1, -0.05) is 158 Å². The van der Waals surface area contributed by atoms with E-state index < -0.39 is 0 Å². The standard InChI is InChI=1S/C50H30O/c1-2-11-31(12-3-1)36-26-28-48-50-41(36)19-10-20-42(50)46-30-34(22-27-47(46)51-48)37-24-25-43(40-18-9-8-17-39(37)40)49-38-16-7-5-14-33(38)29-45-35-15-6-4-13-32(35)21-23-44(45)49/h1-30H. The minimum Gasteiger partial charge on any atom is -0.456 e. The third kappa shape index (κ3) is 4.22. The van der Waals surface area contributed by atoms with Gasteiger partial charge in [-0.2, -0.15) is 0 Å². The highest BCUT2D eigenvalue weighted by molar-refractivity contribution is 6.23. The average molecular weight is 647 g/mol. The van der Waals surface area contributed by atoms with Crippen molar-refractivity contribution < 1.29 is 4.74 Å². The second-order valence-corrected chi connectivity index (χ2v) is 13.6. The van der Waals surface area contributed by atoms with Crippen molar-refractivity contribution in [2.24, 2.45) is 0 Å². The van der Waals surface area contributed by atoms with Crippen LogP contribution in [0.5, 0.6) is 11.5 Å². The van der Waals surface area contributed by atoms with Crippen LogP contribution in [0.15, 0.2) is 182 Å². The van der Waals surface area contributed by atoms with Gasteiger partial charge < -0.3 is 4.74 Å². The highest BCUT2D eigenvalue weighted by Crippen LogP contribution is 2.50. The summed E-state index contributed by atoms with van der Waals surface area (Å²) in [5, 5.41) is 12.5. The zero-order valence-electron chi connectivity index (χ0n) is 27.7. The van der Waals surface area contributed by atoms with Gasteiger partial charge in [0.15, 0.2) is 0 Å². The van der Waals surface area contributed by atoms with Gasteiger partial charge in [0.25, 0.3) is 0 Å². The Bertz CT molecular complexity index is 3040. The molecule has 0 fully saturated rings. The van der Waals surface area contributed by atoms with Crippen molar-refractivity contribution in [3.8, 4) is 56.0 Å². The van der Waals surface area contributed by atoms with E-state index in [2.05, 4.69) is 182 Å². The molecule has 0 saturated heterocycles. The molecule has 1 aliphatic rings. The molecule has 0 N–H and O–H groups in total. The van der Waals surface area contributed by atoms with E-state index >= 15 is 0 Å². The third-order valence-corrected chi connectivity index (χ3v) is 10.9. The minimum atomic E-state index is 0.890. The maximum Gasteiger partial charge on any atom is 0.135 e. The Kier molecular flexibility index (Phi) is 6.02. The van der Waals surface area contributed by atoms with Crippen LogP contribution >= 0.6 is 0 Å². The third-order valence-electron chi connectivity index (χ3n) is 10.9. The van der Waals surface area contributed by atoms with E-state index in [9.17, 15) is 0 Å². The summed E-state index contributed by atoms with van der Waals surface area (Å²) >= 11 is 0. The van der Waals surface area contributed by atoms with Crippen LogP contribution < -0.4 is 4.74 Å². The Labute approximate surface area is 295 Å². The number of rotatable bonds is 3. The molecular weight excluding hydrogens is 617 g/mol. The van der Waals surface area contributed by atoms with E-state index in [0.29, 0.717) is 0 Å². The smallest absolute Gasteiger partial charge is 0.135 e. The molecule has 1 aliphatic heterocycles. The lowest BCUT2D eigenvalue weighted by Gasteiger charge is -2.23. The molecule has 10 aromatic rings. The fourth-order valence-electron chi connectivity index (χ4n) is 8.55. The van der Waals surface area contributed by atoms with E-state index in [1.165, 1.54) is 92.8 Å². The summed E-state index contributed by atoms with van der Waals surface area (Å²) in [6, 6.07) is 66.3. The van der Waals surface area contributed by atoms with E-state index in [0.717, 1.165) is 17.1 Å². The van der Waals surface area contributed by atoms with Gasteiger partial charge in [0.05, 0.1) is 0 Å². The van der Waals surface area contributed by atoms with Gasteiger partial charge in [-0.05, 0) is 112 Å². The summed E-state index contributed by atoms with van der Waals surface area (Å²) in [5.74, 6) is 1.80. The largest absolute Gasteiger partial charge is 0.456 e.